The average Bonchev–Trinajstić information content (AvgIpc) is 2.97. The van der Waals surface area contributed by atoms with E-state index in [2.05, 4.69) is 10.3 Å². The third kappa shape index (κ3) is 4.32. The van der Waals surface area contributed by atoms with Gasteiger partial charge in [-0.05, 0) is 18.1 Å². The molecule has 0 spiro atoms. The van der Waals surface area contributed by atoms with Gasteiger partial charge in [0.25, 0.3) is 0 Å². The van der Waals surface area contributed by atoms with Gasteiger partial charge in [-0.15, -0.1) is 0 Å². The number of carbonyl (C=O) groups excluding carboxylic acids is 1. The molecule has 0 saturated heterocycles. The minimum atomic E-state index is -1.24. The van der Waals surface area contributed by atoms with Crippen molar-refractivity contribution in [3.63, 3.8) is 0 Å². The Morgan fingerprint density at radius 1 is 1.25 bits per heavy atom. The highest BCUT2D eigenvalue weighted by molar-refractivity contribution is 5.87. The summed E-state index contributed by atoms with van der Waals surface area (Å²) in [4.78, 5) is 37.2. The molecule has 2 aromatic rings. The van der Waals surface area contributed by atoms with Crippen LogP contribution in [0.1, 0.15) is 18.4 Å². The maximum atomic E-state index is 11.9. The Balaban J connectivity index is 2.00. The molecule has 1 amide bonds. The highest BCUT2D eigenvalue weighted by atomic mass is 16.4. The number of carboxylic acid groups (broad SMARTS) is 2. The lowest BCUT2D eigenvalue weighted by Gasteiger charge is -2.15. The number of aromatic amines is 1. The Bertz CT molecular complexity index is 776. The van der Waals surface area contributed by atoms with Gasteiger partial charge in [0.15, 0.2) is 0 Å². The molecule has 6 N–H and O–H groups in total. The number of rotatable bonds is 9. The van der Waals surface area contributed by atoms with Gasteiger partial charge in [-0.1, -0.05) is 18.2 Å². The summed E-state index contributed by atoms with van der Waals surface area (Å²) in [5.41, 5.74) is 3.48. The maximum absolute atomic E-state index is 11.9. The Morgan fingerprint density at radius 3 is 2.67 bits per heavy atom. The Labute approximate surface area is 139 Å². The number of aliphatic carboxylic acids is 2. The molecule has 0 aliphatic rings. The number of carboxylic acids is 2. The lowest BCUT2D eigenvalue weighted by molar-refractivity contribution is -0.142. The van der Waals surface area contributed by atoms with Gasteiger partial charge in [-0.3, -0.25) is 9.59 Å². The summed E-state index contributed by atoms with van der Waals surface area (Å²) in [7, 11) is 0. The largest absolute Gasteiger partial charge is 0.480 e. The molecular weight excluding hydrogens is 314 g/mol. The molecule has 1 aromatic carbocycles. The third-order valence-corrected chi connectivity index (χ3v) is 3.69. The molecule has 0 aliphatic heterocycles. The predicted molar refractivity (Wildman–Crippen MR) is 86.4 cm³/mol. The zero-order valence-electron chi connectivity index (χ0n) is 13.8. The van der Waals surface area contributed by atoms with E-state index >= 15 is 0 Å². The number of H-pyrrole nitrogens is 1. The molecule has 24 heavy (non-hydrogen) atoms. The van der Waals surface area contributed by atoms with Crippen molar-refractivity contribution in [2.24, 2.45) is 5.73 Å². The summed E-state index contributed by atoms with van der Waals surface area (Å²) in [5.74, 6) is -2.99. The molecule has 128 valence electrons. The van der Waals surface area contributed by atoms with Crippen LogP contribution < -0.4 is 11.0 Å². The van der Waals surface area contributed by atoms with E-state index in [0.717, 1.165) is 16.5 Å². The van der Waals surface area contributed by atoms with Crippen LogP contribution in [0.2, 0.25) is 1.41 Å². The lowest BCUT2D eigenvalue weighted by atomic mass is 10.0. The zero-order chi connectivity index (χ0) is 18.4. The van der Waals surface area contributed by atoms with E-state index in [1.807, 2.05) is 30.0 Å². The van der Waals surface area contributed by atoms with Crippen LogP contribution in [0.5, 0.6) is 0 Å². The number of para-hydroxylation sites is 1. The van der Waals surface area contributed by atoms with Gasteiger partial charge in [-0.2, -0.15) is 0 Å². The second kappa shape index (κ2) is 7.60. The average molecular weight is 334 g/mol. The summed E-state index contributed by atoms with van der Waals surface area (Å²) < 4.78 is 6.89. The molecule has 1 heterocycles. The fourth-order valence-corrected chi connectivity index (χ4v) is 2.39. The number of nitrogens with two attached hydrogens (primary N) is 1. The van der Waals surface area contributed by atoms with Crippen LogP contribution in [-0.2, 0) is 20.8 Å². The van der Waals surface area contributed by atoms with E-state index in [1.165, 1.54) is 0 Å². The van der Waals surface area contributed by atoms with Gasteiger partial charge in [0, 0.05) is 29.9 Å². The van der Waals surface area contributed by atoms with Gasteiger partial charge in [0.1, 0.15) is 13.5 Å². The standard InChI is InChI=1S/C16H19N3O5/c17-11(15(21)22)5-6-14(20)19-13(16(23)24)7-9-8-18-12-4-2-1-3-10(9)12/h1-4,8,11,13,18H,5-7,17H2,(H,19,20)(H,21,22)(H,23,24)/t11-,13+/m1/s1/i/hD. The number of aromatic nitrogens is 1. The van der Waals surface area contributed by atoms with Crippen molar-refractivity contribution >= 4 is 28.7 Å². The molecule has 0 fully saturated rings. The lowest BCUT2D eigenvalue weighted by Crippen LogP contribution is -2.43. The van der Waals surface area contributed by atoms with Crippen molar-refractivity contribution in [1.82, 2.24) is 10.3 Å². The number of fused-ring (bicyclic) bond motifs is 1. The number of hydrogen-bond acceptors (Lipinski definition) is 4. The van der Waals surface area contributed by atoms with E-state index in [4.69, 9.17) is 6.52 Å². The smallest absolute Gasteiger partial charge is 0.326 e. The van der Waals surface area contributed by atoms with Crippen LogP contribution in [0.3, 0.4) is 0 Å². The maximum Gasteiger partial charge on any atom is 0.326 e. The first-order valence-corrected chi connectivity index (χ1v) is 7.39. The first-order chi connectivity index (χ1) is 11.9. The number of benzene rings is 1. The highest BCUT2D eigenvalue weighted by Crippen LogP contribution is 2.19. The molecule has 2 rings (SSSR count). The van der Waals surface area contributed by atoms with Crippen molar-refractivity contribution in [3.05, 3.63) is 36.0 Å². The van der Waals surface area contributed by atoms with Crippen LogP contribution in [-0.4, -0.2) is 45.1 Å². The quantitative estimate of drug-likeness (QED) is 0.451. The Hall–Kier alpha value is -2.87. The van der Waals surface area contributed by atoms with Crippen LogP contribution in [0.25, 0.3) is 10.9 Å². The van der Waals surface area contributed by atoms with Crippen molar-refractivity contribution in [2.45, 2.75) is 31.3 Å². The van der Waals surface area contributed by atoms with Gasteiger partial charge in [-0.25, -0.2) is 4.79 Å². The summed E-state index contributed by atoms with van der Waals surface area (Å²) in [6.07, 6.45) is 1.51. The monoisotopic (exact) mass is 334 g/mol. The molecule has 8 nitrogen and oxygen atoms in total. The van der Waals surface area contributed by atoms with Crippen molar-refractivity contribution < 1.29 is 26.0 Å². The molecule has 1 aromatic heterocycles. The highest BCUT2D eigenvalue weighted by Gasteiger charge is 2.22. The molecule has 0 saturated carbocycles. The zero-order valence-corrected chi connectivity index (χ0v) is 12.8. The Morgan fingerprint density at radius 2 is 2.00 bits per heavy atom. The van der Waals surface area contributed by atoms with E-state index in [0.29, 0.717) is 0 Å². The van der Waals surface area contributed by atoms with E-state index in [1.54, 1.807) is 6.20 Å². The van der Waals surface area contributed by atoms with Gasteiger partial charge < -0.3 is 26.2 Å². The molecule has 0 aliphatic carbocycles. The normalized spacial score (nSPS) is 13.9. The van der Waals surface area contributed by atoms with E-state index in [-0.39, 0.29) is 19.3 Å². The second-order valence-electron chi connectivity index (χ2n) is 5.45. The van der Waals surface area contributed by atoms with Crippen molar-refractivity contribution in [3.8, 4) is 0 Å². The Kier molecular flexibility index (Phi) is 5.07. The summed E-state index contributed by atoms with van der Waals surface area (Å²) in [5, 5.41) is 21.4. The fraction of sp³-hybridized carbons (Fsp3) is 0.312. The second-order valence-corrected chi connectivity index (χ2v) is 5.45. The van der Waals surface area contributed by atoms with Crippen LogP contribution >= 0.6 is 0 Å². The molecule has 2 atom stereocenters. The minimum Gasteiger partial charge on any atom is -0.480 e. The van der Waals surface area contributed by atoms with Crippen molar-refractivity contribution in [1.29, 1.82) is 0 Å². The predicted octanol–water partition coefficient (Wildman–Crippen LogP) is 0.472. The molecular formula is C16H19N3O5. The van der Waals surface area contributed by atoms with E-state index in [9.17, 15) is 19.5 Å². The number of hydrogen-bond donors (Lipinski definition) is 5. The molecule has 8 heteroatoms. The molecule has 0 unspecified atom stereocenters. The van der Waals surface area contributed by atoms with Gasteiger partial charge >= 0.3 is 11.9 Å². The topological polar surface area (TPSA) is 146 Å². The minimum absolute atomic E-state index is 0.101. The van der Waals surface area contributed by atoms with Crippen LogP contribution in [0, 0.1) is 0 Å². The van der Waals surface area contributed by atoms with E-state index < -0.39 is 29.9 Å². The number of nitrogens with one attached hydrogen (secondary N) is 2. The van der Waals surface area contributed by atoms with Gasteiger partial charge in [0.2, 0.25) is 5.91 Å². The summed E-state index contributed by atoms with van der Waals surface area (Å²) in [6, 6.07) is 5.13. The third-order valence-electron chi connectivity index (χ3n) is 3.69. The summed E-state index contributed by atoms with van der Waals surface area (Å²) >= 11 is 0. The first kappa shape index (κ1) is 16.0. The first-order valence-electron chi connectivity index (χ1n) is 7.89. The molecule has 0 bridgehead atoms. The van der Waals surface area contributed by atoms with Gasteiger partial charge in [0.05, 0.1) is 0 Å². The fourth-order valence-electron chi connectivity index (χ4n) is 2.39. The van der Waals surface area contributed by atoms with Crippen LogP contribution in [0.15, 0.2) is 30.5 Å². The van der Waals surface area contributed by atoms with Crippen LogP contribution in [0.4, 0.5) is 0 Å². The molecule has 0 radical (unpaired) electrons. The SMILES string of the molecule is [2H]N[C@H](CCC(=O)N[C@@H](Cc1c[nH]c2ccccc12)C(=O)O)C(=O)O. The van der Waals surface area contributed by atoms with Crippen molar-refractivity contribution in [2.75, 3.05) is 0 Å². The number of amides is 1. The summed E-state index contributed by atoms with van der Waals surface area (Å²) in [6.45, 7) is 0. The number of carbonyl (C=O) groups is 3.